The van der Waals surface area contributed by atoms with E-state index < -0.39 is 17.5 Å². The highest BCUT2D eigenvalue weighted by Crippen LogP contribution is 2.22. The molecule has 18 heavy (non-hydrogen) atoms. The van der Waals surface area contributed by atoms with E-state index in [-0.39, 0.29) is 12.2 Å². The average Bonchev–Trinajstić information content (AvgIpc) is 2.34. The highest BCUT2D eigenvalue weighted by Gasteiger charge is 2.10. The Bertz CT molecular complexity index is 570. The van der Waals surface area contributed by atoms with Crippen LogP contribution in [0.2, 0.25) is 0 Å². The van der Waals surface area contributed by atoms with E-state index in [0.717, 1.165) is 6.20 Å². The molecule has 0 spiro atoms. The number of rotatable bonds is 3. The first-order valence-electron chi connectivity index (χ1n) is 5.36. The van der Waals surface area contributed by atoms with Gasteiger partial charge in [0.15, 0.2) is 5.82 Å². The molecule has 0 bridgehead atoms. The number of anilines is 1. The highest BCUT2D eigenvalue weighted by atomic mass is 19.1. The molecule has 5 heteroatoms. The fourth-order valence-electron chi connectivity index (χ4n) is 1.56. The molecule has 1 heterocycles. The third-order valence-electron chi connectivity index (χ3n) is 2.51. The molecule has 0 radical (unpaired) electrons. The molecule has 0 aliphatic carbocycles. The van der Waals surface area contributed by atoms with Gasteiger partial charge in [0, 0.05) is 12.7 Å². The largest absolute Gasteiger partial charge is 0.376 e. The van der Waals surface area contributed by atoms with Gasteiger partial charge in [-0.2, -0.15) is 0 Å². The van der Waals surface area contributed by atoms with E-state index in [1.165, 1.54) is 24.4 Å². The quantitative estimate of drug-likeness (QED) is 0.905. The van der Waals surface area contributed by atoms with Crippen molar-refractivity contribution < 1.29 is 13.2 Å². The van der Waals surface area contributed by atoms with Crippen molar-refractivity contribution in [1.82, 2.24) is 4.98 Å². The van der Waals surface area contributed by atoms with Gasteiger partial charge in [0.2, 0.25) is 0 Å². The van der Waals surface area contributed by atoms with Gasteiger partial charge in [0.25, 0.3) is 0 Å². The lowest BCUT2D eigenvalue weighted by Gasteiger charge is -2.10. The van der Waals surface area contributed by atoms with Crippen LogP contribution in [0.25, 0.3) is 0 Å². The fraction of sp³-hybridized carbons (Fsp3) is 0.154. The summed E-state index contributed by atoms with van der Waals surface area (Å²) in [5.74, 6) is -1.80. The Balaban J connectivity index is 2.18. The Morgan fingerprint density at radius 2 is 1.94 bits per heavy atom. The lowest BCUT2D eigenvalue weighted by atomic mass is 10.2. The van der Waals surface area contributed by atoms with Crippen molar-refractivity contribution in [2.45, 2.75) is 13.5 Å². The summed E-state index contributed by atoms with van der Waals surface area (Å²) < 4.78 is 39.9. The standard InChI is InChI=1S/C13H11F3N2/c1-8-2-3-11(15)13(12(8)16)18-6-9-4-10(14)7-17-5-9/h2-5,7,18H,6H2,1H3. The van der Waals surface area contributed by atoms with Crippen molar-refractivity contribution in [3.8, 4) is 0 Å². The third-order valence-corrected chi connectivity index (χ3v) is 2.51. The van der Waals surface area contributed by atoms with Gasteiger partial charge < -0.3 is 5.32 Å². The second kappa shape index (κ2) is 5.08. The predicted octanol–water partition coefficient (Wildman–Crippen LogP) is 3.42. The van der Waals surface area contributed by atoms with E-state index in [2.05, 4.69) is 10.3 Å². The Morgan fingerprint density at radius 1 is 1.17 bits per heavy atom. The number of halogens is 3. The van der Waals surface area contributed by atoms with Crippen LogP contribution in [0, 0.1) is 24.4 Å². The van der Waals surface area contributed by atoms with E-state index in [1.54, 1.807) is 6.92 Å². The molecular formula is C13H11F3N2. The number of benzene rings is 1. The van der Waals surface area contributed by atoms with Crippen LogP contribution in [0.4, 0.5) is 18.9 Å². The van der Waals surface area contributed by atoms with Gasteiger partial charge >= 0.3 is 0 Å². The van der Waals surface area contributed by atoms with Crippen LogP contribution in [-0.2, 0) is 6.54 Å². The Morgan fingerprint density at radius 3 is 2.67 bits per heavy atom. The van der Waals surface area contributed by atoms with Crippen molar-refractivity contribution in [2.24, 2.45) is 0 Å². The van der Waals surface area contributed by atoms with Crippen LogP contribution in [-0.4, -0.2) is 4.98 Å². The zero-order valence-corrected chi connectivity index (χ0v) is 9.67. The van der Waals surface area contributed by atoms with Crippen LogP contribution >= 0.6 is 0 Å². The Kier molecular flexibility index (Phi) is 3.50. The summed E-state index contributed by atoms with van der Waals surface area (Å²) in [4.78, 5) is 3.66. The SMILES string of the molecule is Cc1ccc(F)c(NCc2cncc(F)c2)c1F. The maximum absolute atomic E-state index is 13.7. The summed E-state index contributed by atoms with van der Waals surface area (Å²) in [6, 6.07) is 3.80. The topological polar surface area (TPSA) is 24.9 Å². The first kappa shape index (κ1) is 12.4. The number of pyridine rings is 1. The lowest BCUT2D eigenvalue weighted by Crippen LogP contribution is -2.05. The maximum Gasteiger partial charge on any atom is 0.152 e. The van der Waals surface area contributed by atoms with E-state index in [9.17, 15) is 13.2 Å². The van der Waals surface area contributed by atoms with Gasteiger partial charge in [-0.05, 0) is 30.2 Å². The Labute approximate surface area is 102 Å². The number of aromatic nitrogens is 1. The van der Waals surface area contributed by atoms with Gasteiger partial charge in [-0.1, -0.05) is 6.07 Å². The molecule has 1 aromatic carbocycles. The molecule has 1 N–H and O–H groups in total. The van der Waals surface area contributed by atoms with E-state index in [4.69, 9.17) is 0 Å². The summed E-state index contributed by atoms with van der Waals surface area (Å²) in [5, 5.41) is 2.61. The molecular weight excluding hydrogens is 241 g/mol. The lowest BCUT2D eigenvalue weighted by molar-refractivity contribution is 0.582. The zero-order chi connectivity index (χ0) is 13.1. The van der Waals surface area contributed by atoms with Crippen molar-refractivity contribution in [2.75, 3.05) is 5.32 Å². The molecule has 0 unspecified atom stereocenters. The normalized spacial score (nSPS) is 10.4. The molecule has 0 amide bonds. The van der Waals surface area contributed by atoms with E-state index in [0.29, 0.717) is 11.1 Å². The summed E-state index contributed by atoms with van der Waals surface area (Å²) >= 11 is 0. The molecule has 0 saturated heterocycles. The number of nitrogens with zero attached hydrogens (tertiary/aromatic N) is 1. The van der Waals surface area contributed by atoms with Gasteiger partial charge in [0.1, 0.15) is 17.3 Å². The highest BCUT2D eigenvalue weighted by molar-refractivity contribution is 5.49. The molecule has 2 aromatic rings. The monoisotopic (exact) mass is 252 g/mol. The first-order valence-corrected chi connectivity index (χ1v) is 5.36. The van der Waals surface area contributed by atoms with Crippen LogP contribution in [0.3, 0.4) is 0 Å². The molecule has 1 aromatic heterocycles. The minimum atomic E-state index is -0.678. The smallest absolute Gasteiger partial charge is 0.152 e. The third kappa shape index (κ3) is 2.61. The molecule has 0 aliphatic heterocycles. The second-order valence-corrected chi connectivity index (χ2v) is 3.92. The molecule has 0 saturated carbocycles. The molecule has 0 fully saturated rings. The van der Waals surface area contributed by atoms with E-state index >= 15 is 0 Å². The van der Waals surface area contributed by atoms with Crippen molar-refractivity contribution >= 4 is 5.69 Å². The van der Waals surface area contributed by atoms with Crippen molar-refractivity contribution in [1.29, 1.82) is 0 Å². The summed E-state index contributed by atoms with van der Waals surface area (Å²) in [6.45, 7) is 1.64. The van der Waals surface area contributed by atoms with Crippen molar-refractivity contribution in [3.05, 3.63) is 59.2 Å². The Hall–Kier alpha value is -2.04. The summed E-state index contributed by atoms with van der Waals surface area (Å²) in [7, 11) is 0. The van der Waals surface area contributed by atoms with Gasteiger partial charge in [-0.3, -0.25) is 4.98 Å². The van der Waals surface area contributed by atoms with Crippen LogP contribution in [0.15, 0.2) is 30.6 Å². The van der Waals surface area contributed by atoms with E-state index in [1.807, 2.05) is 0 Å². The number of aryl methyl sites for hydroxylation is 1. The zero-order valence-electron chi connectivity index (χ0n) is 9.67. The second-order valence-electron chi connectivity index (χ2n) is 3.92. The number of hydrogen-bond acceptors (Lipinski definition) is 2. The fourth-order valence-corrected chi connectivity index (χ4v) is 1.56. The first-order chi connectivity index (χ1) is 8.58. The number of nitrogens with one attached hydrogen (secondary N) is 1. The van der Waals surface area contributed by atoms with Gasteiger partial charge in [-0.15, -0.1) is 0 Å². The van der Waals surface area contributed by atoms with Crippen molar-refractivity contribution in [3.63, 3.8) is 0 Å². The summed E-state index contributed by atoms with van der Waals surface area (Å²) in [6.07, 6.45) is 2.50. The van der Waals surface area contributed by atoms with Crippen LogP contribution < -0.4 is 5.32 Å². The molecule has 2 nitrogen and oxygen atoms in total. The van der Waals surface area contributed by atoms with Crippen LogP contribution in [0.5, 0.6) is 0 Å². The van der Waals surface area contributed by atoms with Gasteiger partial charge in [0.05, 0.1) is 6.20 Å². The molecule has 0 aliphatic rings. The number of hydrogen-bond donors (Lipinski definition) is 1. The minimum absolute atomic E-state index is 0.0993. The predicted molar refractivity (Wildman–Crippen MR) is 62.6 cm³/mol. The average molecular weight is 252 g/mol. The maximum atomic E-state index is 13.7. The summed E-state index contributed by atoms with van der Waals surface area (Å²) in [5.41, 5.74) is 0.644. The molecule has 94 valence electrons. The van der Waals surface area contributed by atoms with Gasteiger partial charge in [-0.25, -0.2) is 13.2 Å². The molecule has 2 rings (SSSR count). The molecule has 0 atom stereocenters. The van der Waals surface area contributed by atoms with Crippen LogP contribution in [0.1, 0.15) is 11.1 Å². The minimum Gasteiger partial charge on any atom is -0.376 e.